The van der Waals surface area contributed by atoms with E-state index in [2.05, 4.69) is 13.5 Å². The highest BCUT2D eigenvalue weighted by Crippen LogP contribution is 2.21. The SMILES string of the molecule is C=CC(=O)O/C(CCCCCC)=C(/CCC)C(=O)OC. The maximum atomic E-state index is 11.8. The Morgan fingerprint density at radius 3 is 2.25 bits per heavy atom. The summed E-state index contributed by atoms with van der Waals surface area (Å²) in [6, 6.07) is 0. The highest BCUT2D eigenvalue weighted by molar-refractivity contribution is 5.90. The highest BCUT2D eigenvalue weighted by atomic mass is 16.5. The Kier molecular flexibility index (Phi) is 10.4. The standard InChI is InChI=1S/C16H26O4/c1-5-8-9-10-12-14(20-15(17)7-3)13(11-6-2)16(18)19-4/h7H,3,5-6,8-12H2,1-2,4H3/b14-13-. The molecule has 0 spiro atoms. The van der Waals surface area contributed by atoms with E-state index in [1.165, 1.54) is 7.11 Å². The average Bonchev–Trinajstić information content (AvgIpc) is 2.47. The fourth-order valence-electron chi connectivity index (χ4n) is 1.87. The molecule has 0 fully saturated rings. The molecule has 0 aromatic rings. The molecular formula is C16H26O4. The van der Waals surface area contributed by atoms with Gasteiger partial charge in [0.2, 0.25) is 0 Å². The number of esters is 2. The molecule has 0 N–H and O–H groups in total. The van der Waals surface area contributed by atoms with Crippen molar-refractivity contribution in [1.29, 1.82) is 0 Å². The number of hydrogen-bond donors (Lipinski definition) is 0. The number of carbonyl (C=O) groups is 2. The van der Waals surface area contributed by atoms with Crippen LogP contribution in [0.5, 0.6) is 0 Å². The number of allylic oxidation sites excluding steroid dienone is 1. The first-order valence-electron chi connectivity index (χ1n) is 7.25. The second kappa shape index (κ2) is 11.3. The van der Waals surface area contributed by atoms with E-state index in [0.29, 0.717) is 24.2 Å². The Bertz CT molecular complexity index is 355. The van der Waals surface area contributed by atoms with Crippen molar-refractivity contribution in [2.45, 2.75) is 58.8 Å². The van der Waals surface area contributed by atoms with Crippen molar-refractivity contribution in [3.05, 3.63) is 24.0 Å². The third-order valence-corrected chi connectivity index (χ3v) is 2.92. The van der Waals surface area contributed by atoms with Crippen molar-refractivity contribution in [2.24, 2.45) is 0 Å². The maximum absolute atomic E-state index is 11.8. The van der Waals surface area contributed by atoms with E-state index < -0.39 is 11.9 Å². The van der Waals surface area contributed by atoms with Crippen LogP contribution in [0.15, 0.2) is 24.0 Å². The maximum Gasteiger partial charge on any atom is 0.337 e. The summed E-state index contributed by atoms with van der Waals surface area (Å²) in [5.74, 6) is -0.526. The van der Waals surface area contributed by atoms with E-state index in [0.717, 1.165) is 38.2 Å². The van der Waals surface area contributed by atoms with Crippen LogP contribution in [0.4, 0.5) is 0 Å². The molecule has 0 rings (SSSR count). The lowest BCUT2D eigenvalue weighted by Crippen LogP contribution is -2.12. The van der Waals surface area contributed by atoms with Gasteiger partial charge in [-0.1, -0.05) is 46.1 Å². The number of carbonyl (C=O) groups excluding carboxylic acids is 2. The first-order valence-corrected chi connectivity index (χ1v) is 7.25. The second-order valence-corrected chi connectivity index (χ2v) is 4.58. The summed E-state index contributed by atoms with van der Waals surface area (Å²) >= 11 is 0. The van der Waals surface area contributed by atoms with E-state index in [-0.39, 0.29) is 0 Å². The summed E-state index contributed by atoms with van der Waals surface area (Å²) in [4.78, 5) is 23.2. The minimum absolute atomic E-state index is 0.422. The van der Waals surface area contributed by atoms with Crippen LogP contribution in [-0.2, 0) is 19.1 Å². The van der Waals surface area contributed by atoms with Gasteiger partial charge in [0, 0.05) is 12.5 Å². The normalized spacial score (nSPS) is 11.6. The molecule has 0 saturated carbocycles. The van der Waals surface area contributed by atoms with Crippen molar-refractivity contribution >= 4 is 11.9 Å². The topological polar surface area (TPSA) is 52.6 Å². The third-order valence-electron chi connectivity index (χ3n) is 2.92. The molecule has 0 bridgehead atoms. The lowest BCUT2D eigenvalue weighted by atomic mass is 10.0. The quantitative estimate of drug-likeness (QED) is 0.264. The molecule has 0 amide bonds. The number of hydrogen-bond acceptors (Lipinski definition) is 4. The lowest BCUT2D eigenvalue weighted by molar-refractivity contribution is -0.137. The van der Waals surface area contributed by atoms with Gasteiger partial charge in [-0.3, -0.25) is 0 Å². The molecule has 0 atom stereocenters. The molecule has 0 aliphatic rings. The molecule has 20 heavy (non-hydrogen) atoms. The van der Waals surface area contributed by atoms with Crippen LogP contribution in [0, 0.1) is 0 Å². The van der Waals surface area contributed by atoms with Crippen molar-refractivity contribution in [3.8, 4) is 0 Å². The third kappa shape index (κ3) is 7.12. The highest BCUT2D eigenvalue weighted by Gasteiger charge is 2.18. The van der Waals surface area contributed by atoms with Gasteiger partial charge in [-0.15, -0.1) is 0 Å². The molecule has 0 aromatic heterocycles. The smallest absolute Gasteiger partial charge is 0.337 e. The van der Waals surface area contributed by atoms with E-state index in [1.54, 1.807) is 0 Å². The molecule has 4 heteroatoms. The fraction of sp³-hybridized carbons (Fsp3) is 0.625. The predicted octanol–water partition coefficient (Wildman–Crippen LogP) is 3.91. The zero-order valence-electron chi connectivity index (χ0n) is 12.9. The molecule has 0 aliphatic heterocycles. The first kappa shape index (κ1) is 18.4. The van der Waals surface area contributed by atoms with Gasteiger partial charge in [0.25, 0.3) is 0 Å². The van der Waals surface area contributed by atoms with Crippen LogP contribution in [0.1, 0.15) is 58.8 Å². The zero-order chi connectivity index (χ0) is 15.4. The van der Waals surface area contributed by atoms with Gasteiger partial charge < -0.3 is 9.47 Å². The number of methoxy groups -OCH3 is 1. The molecule has 4 nitrogen and oxygen atoms in total. The van der Waals surface area contributed by atoms with E-state index >= 15 is 0 Å². The summed E-state index contributed by atoms with van der Waals surface area (Å²) in [5.41, 5.74) is 0.460. The lowest BCUT2D eigenvalue weighted by Gasteiger charge is -2.13. The molecule has 114 valence electrons. The van der Waals surface area contributed by atoms with Crippen LogP contribution in [-0.4, -0.2) is 19.0 Å². The monoisotopic (exact) mass is 282 g/mol. The number of rotatable bonds is 10. The molecule has 0 aromatic carbocycles. The van der Waals surface area contributed by atoms with Crippen LogP contribution >= 0.6 is 0 Å². The van der Waals surface area contributed by atoms with Gasteiger partial charge >= 0.3 is 11.9 Å². The Morgan fingerprint density at radius 1 is 1.05 bits per heavy atom. The van der Waals surface area contributed by atoms with Gasteiger partial charge in [0.1, 0.15) is 5.76 Å². The van der Waals surface area contributed by atoms with Gasteiger partial charge in [-0.2, -0.15) is 0 Å². The fourth-order valence-corrected chi connectivity index (χ4v) is 1.87. The summed E-state index contributed by atoms with van der Waals surface area (Å²) in [5, 5.41) is 0. The average molecular weight is 282 g/mol. The van der Waals surface area contributed by atoms with Crippen molar-refractivity contribution < 1.29 is 19.1 Å². The first-order chi connectivity index (χ1) is 9.60. The van der Waals surface area contributed by atoms with E-state index in [1.807, 2.05) is 6.92 Å². The van der Waals surface area contributed by atoms with Gasteiger partial charge in [0.05, 0.1) is 12.7 Å². The van der Waals surface area contributed by atoms with Gasteiger partial charge in [-0.25, -0.2) is 9.59 Å². The van der Waals surface area contributed by atoms with Crippen LogP contribution in [0.2, 0.25) is 0 Å². The predicted molar refractivity (Wildman–Crippen MR) is 79.0 cm³/mol. The largest absolute Gasteiger partial charge is 0.466 e. The molecule has 0 unspecified atom stereocenters. The van der Waals surface area contributed by atoms with Crippen LogP contribution < -0.4 is 0 Å². The summed E-state index contributed by atoms with van der Waals surface area (Å²) in [7, 11) is 1.34. The Morgan fingerprint density at radius 2 is 1.75 bits per heavy atom. The van der Waals surface area contributed by atoms with Crippen molar-refractivity contribution in [3.63, 3.8) is 0 Å². The summed E-state index contributed by atoms with van der Waals surface area (Å²) in [6.07, 6.45) is 7.20. The zero-order valence-corrected chi connectivity index (χ0v) is 12.9. The van der Waals surface area contributed by atoms with Gasteiger partial charge in [0.15, 0.2) is 0 Å². The number of unbranched alkanes of at least 4 members (excludes halogenated alkanes) is 3. The Hall–Kier alpha value is -1.58. The Labute approximate surface area is 121 Å². The van der Waals surface area contributed by atoms with E-state index in [4.69, 9.17) is 9.47 Å². The summed E-state index contributed by atoms with van der Waals surface area (Å²) in [6.45, 7) is 7.48. The molecular weight excluding hydrogens is 256 g/mol. The van der Waals surface area contributed by atoms with Crippen molar-refractivity contribution in [2.75, 3.05) is 7.11 Å². The molecule has 0 aliphatic carbocycles. The van der Waals surface area contributed by atoms with Crippen molar-refractivity contribution in [1.82, 2.24) is 0 Å². The van der Waals surface area contributed by atoms with Crippen LogP contribution in [0.25, 0.3) is 0 Å². The molecule has 0 radical (unpaired) electrons. The van der Waals surface area contributed by atoms with E-state index in [9.17, 15) is 9.59 Å². The molecule has 0 saturated heterocycles. The van der Waals surface area contributed by atoms with Crippen LogP contribution in [0.3, 0.4) is 0 Å². The number of ether oxygens (including phenoxy) is 2. The second-order valence-electron chi connectivity index (χ2n) is 4.58. The summed E-state index contributed by atoms with van der Waals surface area (Å²) < 4.78 is 10.0. The molecule has 0 heterocycles. The minimum atomic E-state index is -0.534. The Balaban J connectivity index is 5.02. The minimum Gasteiger partial charge on any atom is -0.466 e. The van der Waals surface area contributed by atoms with Gasteiger partial charge in [-0.05, 0) is 12.8 Å².